The molecule has 0 radical (unpaired) electrons. The third kappa shape index (κ3) is 0.406. The van der Waals surface area contributed by atoms with Crippen molar-refractivity contribution in [2.45, 2.75) is 13.0 Å². The number of rotatable bonds is 0. The van der Waals surface area contributed by atoms with Gasteiger partial charge in [0.25, 0.3) is 0 Å². The van der Waals surface area contributed by atoms with Gasteiger partial charge in [-0.25, -0.2) is 0 Å². The normalized spacial score (nSPS) is 28.2. The van der Waals surface area contributed by atoms with Gasteiger partial charge in [0.2, 0.25) is 0 Å². The number of aliphatic hydroxyl groups excluding tert-OH is 1. The van der Waals surface area contributed by atoms with Gasteiger partial charge in [0.05, 0.1) is 0 Å². The van der Waals surface area contributed by atoms with Gasteiger partial charge in [0.15, 0.2) is 0 Å². The fourth-order valence-electron chi connectivity index (χ4n) is 0.685. The predicted octanol–water partition coefficient (Wildman–Crippen LogP) is 0.117. The minimum Gasteiger partial charge on any atom is -0.845 e. The van der Waals surface area contributed by atoms with Crippen molar-refractivity contribution < 1.29 is 10.2 Å². The first-order valence-corrected chi connectivity index (χ1v) is 2.39. The van der Waals surface area contributed by atoms with Crippen LogP contribution in [0.2, 0.25) is 0 Å². The third-order valence-electron chi connectivity index (χ3n) is 1.39. The Balaban J connectivity index is 2.90. The molecule has 0 aromatic carbocycles. The first-order chi connectivity index (χ1) is 3.64. The first kappa shape index (κ1) is 5.38. The van der Waals surface area contributed by atoms with Crippen molar-refractivity contribution in [1.29, 1.82) is 0 Å². The van der Waals surface area contributed by atoms with Gasteiger partial charge in [-0.1, -0.05) is 12.7 Å². The molecule has 0 aromatic heterocycles. The van der Waals surface area contributed by atoms with Crippen LogP contribution in [0.25, 0.3) is 0 Å². The van der Waals surface area contributed by atoms with Crippen LogP contribution in [0.1, 0.15) is 6.92 Å². The van der Waals surface area contributed by atoms with Crippen LogP contribution in [0.15, 0.2) is 23.5 Å². The van der Waals surface area contributed by atoms with Crippen LogP contribution in [-0.2, 0) is 0 Å². The molecule has 0 fully saturated rings. The highest BCUT2D eigenvalue weighted by Gasteiger charge is 2.19. The minimum absolute atomic E-state index is 0.102. The van der Waals surface area contributed by atoms with Gasteiger partial charge in [0, 0.05) is 0 Å². The Bertz CT molecular complexity index is 167. The Morgan fingerprint density at radius 3 is 2.38 bits per heavy atom. The fraction of sp³-hybridized carbons (Fsp3) is 0.333. The summed E-state index contributed by atoms with van der Waals surface area (Å²) in [5.74, 6) is 0.102. The van der Waals surface area contributed by atoms with Gasteiger partial charge in [0.1, 0.15) is 5.76 Å². The summed E-state index contributed by atoms with van der Waals surface area (Å²) >= 11 is 0. The van der Waals surface area contributed by atoms with Gasteiger partial charge in [-0.15, -0.1) is 0 Å². The summed E-state index contributed by atoms with van der Waals surface area (Å²) in [6, 6.07) is 0. The molecule has 0 spiro atoms. The van der Waals surface area contributed by atoms with Crippen molar-refractivity contribution in [2.75, 3.05) is 0 Å². The second-order valence-corrected chi connectivity index (χ2v) is 1.94. The minimum atomic E-state index is -0.838. The topological polar surface area (TPSA) is 43.3 Å². The summed E-state index contributed by atoms with van der Waals surface area (Å²) in [6.07, 6.45) is -0.838. The molecule has 8 heavy (non-hydrogen) atoms. The summed E-state index contributed by atoms with van der Waals surface area (Å²) in [7, 11) is 0. The third-order valence-corrected chi connectivity index (χ3v) is 1.39. The molecule has 0 bridgehead atoms. The largest absolute Gasteiger partial charge is 0.845 e. The van der Waals surface area contributed by atoms with E-state index in [1.165, 1.54) is 0 Å². The predicted molar refractivity (Wildman–Crippen MR) is 28.3 cm³/mol. The van der Waals surface area contributed by atoms with Crippen LogP contribution in [0.5, 0.6) is 0 Å². The van der Waals surface area contributed by atoms with Gasteiger partial charge in [-0.05, 0) is 18.1 Å². The molecule has 1 N–H and O–H groups in total. The van der Waals surface area contributed by atoms with Crippen LogP contribution in [-0.4, -0.2) is 11.2 Å². The second kappa shape index (κ2) is 1.36. The molecule has 44 valence electrons. The molecule has 1 atom stereocenters. The lowest BCUT2D eigenvalue weighted by atomic mass is 9.89. The summed E-state index contributed by atoms with van der Waals surface area (Å²) in [6.45, 7) is 4.97. The van der Waals surface area contributed by atoms with Crippen LogP contribution in [0.4, 0.5) is 0 Å². The Morgan fingerprint density at radius 1 is 1.75 bits per heavy atom. The van der Waals surface area contributed by atoms with Crippen molar-refractivity contribution in [1.82, 2.24) is 0 Å². The molecule has 1 aliphatic rings. The van der Waals surface area contributed by atoms with Crippen LogP contribution in [0.3, 0.4) is 0 Å². The van der Waals surface area contributed by atoms with Gasteiger partial charge in [-0.3, -0.25) is 0 Å². The lowest BCUT2D eigenvalue weighted by molar-refractivity contribution is -0.399. The van der Waals surface area contributed by atoms with Gasteiger partial charge >= 0.3 is 0 Å². The van der Waals surface area contributed by atoms with E-state index >= 15 is 0 Å². The Hall–Kier alpha value is -0.760. The molecule has 2 heteroatoms. The molecule has 2 nitrogen and oxygen atoms in total. The molecule has 0 aliphatic heterocycles. The van der Waals surface area contributed by atoms with E-state index in [0.29, 0.717) is 11.1 Å². The van der Waals surface area contributed by atoms with E-state index in [-0.39, 0.29) is 5.76 Å². The monoisotopic (exact) mass is 111 g/mol. The molecule has 0 amide bonds. The summed E-state index contributed by atoms with van der Waals surface area (Å²) in [4.78, 5) is 0. The summed E-state index contributed by atoms with van der Waals surface area (Å²) < 4.78 is 0. The lowest BCUT2D eigenvalue weighted by Crippen LogP contribution is -2.37. The second-order valence-electron chi connectivity index (χ2n) is 1.94. The van der Waals surface area contributed by atoms with E-state index < -0.39 is 6.10 Å². The standard InChI is InChI=1S/C6H7O2/c1-3-5(7)4(2)6(3)8/h5,8H,1H2,2H3/q-1. The SMILES string of the molecule is C=C1C(O)=C(C)C1[O-]. The van der Waals surface area contributed by atoms with Crippen molar-refractivity contribution in [3.63, 3.8) is 0 Å². The first-order valence-electron chi connectivity index (χ1n) is 2.39. The van der Waals surface area contributed by atoms with Crippen molar-refractivity contribution in [3.05, 3.63) is 23.5 Å². The van der Waals surface area contributed by atoms with E-state index in [4.69, 9.17) is 5.11 Å². The van der Waals surface area contributed by atoms with E-state index in [0.717, 1.165) is 0 Å². The highest BCUT2D eigenvalue weighted by molar-refractivity contribution is 5.45. The maximum Gasteiger partial charge on any atom is 0.115 e. The molecular formula is C6H7O2-. The maximum atomic E-state index is 10.5. The number of hydrogen-bond donors (Lipinski definition) is 1. The molecular weight excluding hydrogens is 104 g/mol. The summed E-state index contributed by atoms with van der Waals surface area (Å²) in [5, 5.41) is 19.3. The van der Waals surface area contributed by atoms with Crippen molar-refractivity contribution in [3.8, 4) is 0 Å². The molecule has 1 aliphatic carbocycles. The molecule has 0 heterocycles. The maximum absolute atomic E-state index is 10.5. The zero-order chi connectivity index (χ0) is 6.31. The van der Waals surface area contributed by atoms with Crippen LogP contribution < -0.4 is 5.11 Å². The highest BCUT2D eigenvalue weighted by atomic mass is 16.3. The lowest BCUT2D eigenvalue weighted by Gasteiger charge is -2.35. The van der Waals surface area contributed by atoms with Gasteiger partial charge in [-0.2, -0.15) is 0 Å². The quantitative estimate of drug-likeness (QED) is 0.482. The summed E-state index contributed by atoms with van der Waals surface area (Å²) in [5.41, 5.74) is 0.831. The number of hydrogen-bond acceptors (Lipinski definition) is 2. The van der Waals surface area contributed by atoms with E-state index in [1.807, 2.05) is 0 Å². The van der Waals surface area contributed by atoms with E-state index in [1.54, 1.807) is 6.92 Å². The highest BCUT2D eigenvalue weighted by Crippen LogP contribution is 2.27. The molecule has 0 saturated heterocycles. The average Bonchev–Trinajstić information content (AvgIpc) is 1.83. The van der Waals surface area contributed by atoms with Crippen LogP contribution in [0, 0.1) is 0 Å². The zero-order valence-electron chi connectivity index (χ0n) is 4.64. The fourth-order valence-corrected chi connectivity index (χ4v) is 0.685. The average molecular weight is 111 g/mol. The number of aliphatic hydroxyl groups is 1. The van der Waals surface area contributed by atoms with E-state index in [9.17, 15) is 5.11 Å². The Labute approximate surface area is 47.8 Å². The molecule has 1 unspecified atom stereocenters. The Morgan fingerprint density at radius 2 is 2.25 bits per heavy atom. The smallest absolute Gasteiger partial charge is 0.115 e. The van der Waals surface area contributed by atoms with Crippen molar-refractivity contribution >= 4 is 0 Å². The zero-order valence-corrected chi connectivity index (χ0v) is 4.64. The van der Waals surface area contributed by atoms with E-state index in [2.05, 4.69) is 6.58 Å². The van der Waals surface area contributed by atoms with Gasteiger partial charge < -0.3 is 10.2 Å². The molecule has 0 aromatic rings. The molecule has 1 rings (SSSR count). The molecule has 0 saturated carbocycles. The van der Waals surface area contributed by atoms with Crippen LogP contribution >= 0.6 is 0 Å². The van der Waals surface area contributed by atoms with Crippen molar-refractivity contribution in [2.24, 2.45) is 0 Å². The Kier molecular flexibility index (Phi) is 0.912.